The van der Waals surface area contributed by atoms with Crippen molar-refractivity contribution in [3.05, 3.63) is 88.5 Å². The Kier molecular flexibility index (Phi) is 6.65. The molecular formula is C24H24ClN5O3. The number of anilines is 1. The fourth-order valence-electron chi connectivity index (χ4n) is 3.34. The first-order chi connectivity index (χ1) is 15.9. The molecule has 0 saturated heterocycles. The van der Waals surface area contributed by atoms with Crippen LogP contribution in [0, 0.1) is 13.8 Å². The molecule has 0 radical (unpaired) electrons. The second-order valence-electron chi connectivity index (χ2n) is 7.47. The number of rotatable bonds is 8. The molecule has 0 aliphatic heterocycles. The van der Waals surface area contributed by atoms with E-state index in [4.69, 9.17) is 21.1 Å². The number of aromatic nitrogens is 4. The van der Waals surface area contributed by atoms with Crippen molar-refractivity contribution in [1.29, 1.82) is 0 Å². The van der Waals surface area contributed by atoms with Crippen LogP contribution in [0.25, 0.3) is 0 Å². The van der Waals surface area contributed by atoms with E-state index < -0.39 is 0 Å². The topological polar surface area (TPSA) is 83.2 Å². The van der Waals surface area contributed by atoms with Crippen LogP contribution in [0.2, 0.25) is 5.02 Å². The monoisotopic (exact) mass is 465 g/mol. The van der Waals surface area contributed by atoms with Crippen molar-refractivity contribution in [3.63, 3.8) is 0 Å². The van der Waals surface area contributed by atoms with Crippen molar-refractivity contribution in [3.8, 4) is 11.5 Å². The van der Waals surface area contributed by atoms with Gasteiger partial charge in [-0.1, -0.05) is 23.7 Å². The van der Waals surface area contributed by atoms with Gasteiger partial charge in [0.05, 0.1) is 30.7 Å². The quantitative estimate of drug-likeness (QED) is 0.408. The highest BCUT2D eigenvalue weighted by Crippen LogP contribution is 2.22. The van der Waals surface area contributed by atoms with Gasteiger partial charge in [0.25, 0.3) is 5.91 Å². The van der Waals surface area contributed by atoms with Gasteiger partial charge < -0.3 is 14.8 Å². The van der Waals surface area contributed by atoms with Crippen molar-refractivity contribution in [1.82, 2.24) is 19.6 Å². The summed E-state index contributed by atoms with van der Waals surface area (Å²) in [6, 6.07) is 16.5. The number of carbonyl (C=O) groups excluding carboxylic acids is 1. The number of nitrogens with one attached hydrogen (secondary N) is 1. The Bertz CT molecular complexity index is 1250. The van der Waals surface area contributed by atoms with E-state index in [9.17, 15) is 4.79 Å². The standard InChI is InChI=1S/C24H24ClN5O3/c1-16-23(17(2)30(27-16)14-18-4-6-19(25)7-5-18)26-24(31)22-12-13-29(28-22)15-33-21-10-8-20(32-3)9-11-21/h4-13H,14-15H2,1-3H3,(H,26,31). The van der Waals surface area contributed by atoms with E-state index in [-0.39, 0.29) is 18.3 Å². The van der Waals surface area contributed by atoms with E-state index in [1.165, 1.54) is 0 Å². The van der Waals surface area contributed by atoms with Crippen LogP contribution in [0.3, 0.4) is 0 Å². The Morgan fingerprint density at radius 2 is 1.70 bits per heavy atom. The van der Waals surface area contributed by atoms with Gasteiger partial charge in [-0.2, -0.15) is 10.2 Å². The molecule has 4 aromatic rings. The molecule has 0 aliphatic carbocycles. The summed E-state index contributed by atoms with van der Waals surface area (Å²) in [5.41, 5.74) is 3.63. The van der Waals surface area contributed by atoms with Crippen LogP contribution in [0.15, 0.2) is 60.8 Å². The van der Waals surface area contributed by atoms with E-state index >= 15 is 0 Å². The number of hydrogen-bond donors (Lipinski definition) is 1. The summed E-state index contributed by atoms with van der Waals surface area (Å²) in [5, 5.41) is 12.5. The summed E-state index contributed by atoms with van der Waals surface area (Å²) in [5.74, 6) is 1.12. The molecular weight excluding hydrogens is 442 g/mol. The van der Waals surface area contributed by atoms with Gasteiger partial charge in [0.1, 0.15) is 11.5 Å². The molecule has 1 amide bonds. The first kappa shape index (κ1) is 22.4. The third kappa shape index (κ3) is 5.35. The lowest BCUT2D eigenvalue weighted by Crippen LogP contribution is -2.15. The summed E-state index contributed by atoms with van der Waals surface area (Å²) in [6.07, 6.45) is 1.70. The van der Waals surface area contributed by atoms with Crippen LogP contribution in [-0.2, 0) is 13.3 Å². The molecule has 0 saturated carbocycles. The van der Waals surface area contributed by atoms with Crippen molar-refractivity contribution >= 4 is 23.2 Å². The molecule has 0 bridgehead atoms. The van der Waals surface area contributed by atoms with Crippen LogP contribution in [0.4, 0.5) is 5.69 Å². The first-order valence-electron chi connectivity index (χ1n) is 10.3. The third-order valence-corrected chi connectivity index (χ3v) is 5.41. The molecule has 0 aliphatic rings. The van der Waals surface area contributed by atoms with Gasteiger partial charge in [-0.05, 0) is 61.9 Å². The van der Waals surface area contributed by atoms with Crippen LogP contribution >= 0.6 is 11.6 Å². The summed E-state index contributed by atoms with van der Waals surface area (Å²) in [4.78, 5) is 12.8. The second kappa shape index (κ2) is 9.79. The van der Waals surface area contributed by atoms with Crippen molar-refractivity contribution in [2.24, 2.45) is 0 Å². The Balaban J connectivity index is 1.39. The zero-order valence-electron chi connectivity index (χ0n) is 18.6. The fraction of sp³-hybridized carbons (Fsp3) is 0.208. The number of hydrogen-bond acceptors (Lipinski definition) is 5. The van der Waals surface area contributed by atoms with Crippen LogP contribution in [-0.4, -0.2) is 32.6 Å². The minimum absolute atomic E-state index is 0.177. The van der Waals surface area contributed by atoms with Crippen molar-refractivity contribution in [2.75, 3.05) is 12.4 Å². The molecule has 8 nitrogen and oxygen atoms in total. The van der Waals surface area contributed by atoms with Gasteiger partial charge >= 0.3 is 0 Å². The summed E-state index contributed by atoms with van der Waals surface area (Å²) in [7, 11) is 1.61. The Hall–Kier alpha value is -3.78. The molecule has 4 rings (SSSR count). The second-order valence-corrected chi connectivity index (χ2v) is 7.91. The van der Waals surface area contributed by atoms with Gasteiger partial charge in [0.2, 0.25) is 0 Å². The molecule has 0 fully saturated rings. The molecule has 0 atom stereocenters. The highest BCUT2D eigenvalue weighted by molar-refractivity contribution is 6.30. The largest absolute Gasteiger partial charge is 0.497 e. The number of ether oxygens (including phenoxy) is 2. The third-order valence-electron chi connectivity index (χ3n) is 5.16. The van der Waals surface area contributed by atoms with Gasteiger partial charge in [-0.15, -0.1) is 0 Å². The highest BCUT2D eigenvalue weighted by atomic mass is 35.5. The molecule has 2 aromatic heterocycles. The number of benzene rings is 2. The summed E-state index contributed by atoms with van der Waals surface area (Å²) < 4.78 is 14.2. The maximum absolute atomic E-state index is 12.8. The first-order valence-corrected chi connectivity index (χ1v) is 10.7. The fourth-order valence-corrected chi connectivity index (χ4v) is 3.47. The summed E-state index contributed by atoms with van der Waals surface area (Å²) in [6.45, 7) is 4.54. The predicted molar refractivity (Wildman–Crippen MR) is 126 cm³/mol. The minimum atomic E-state index is -0.310. The lowest BCUT2D eigenvalue weighted by molar-refractivity contribution is 0.102. The molecule has 0 unspecified atom stereocenters. The van der Waals surface area contributed by atoms with Crippen LogP contribution < -0.4 is 14.8 Å². The Morgan fingerprint density at radius 1 is 1.00 bits per heavy atom. The van der Waals surface area contributed by atoms with E-state index in [2.05, 4.69) is 15.5 Å². The van der Waals surface area contributed by atoms with E-state index in [0.717, 1.165) is 22.7 Å². The molecule has 170 valence electrons. The SMILES string of the molecule is COc1ccc(OCn2ccc(C(=O)Nc3c(C)nn(Cc4ccc(Cl)cc4)c3C)n2)cc1. The smallest absolute Gasteiger partial charge is 0.276 e. The number of methoxy groups -OCH3 is 1. The van der Waals surface area contributed by atoms with Crippen LogP contribution in [0.5, 0.6) is 11.5 Å². The van der Waals surface area contributed by atoms with Gasteiger partial charge in [-0.25, -0.2) is 4.68 Å². The normalized spacial score (nSPS) is 10.8. The average molecular weight is 466 g/mol. The predicted octanol–water partition coefficient (Wildman–Crippen LogP) is 4.70. The van der Waals surface area contributed by atoms with Gasteiger partial charge in [0, 0.05) is 11.2 Å². The molecule has 2 aromatic carbocycles. The van der Waals surface area contributed by atoms with E-state index in [0.29, 0.717) is 23.0 Å². The minimum Gasteiger partial charge on any atom is -0.497 e. The van der Waals surface area contributed by atoms with Crippen molar-refractivity contribution < 1.29 is 14.3 Å². The van der Waals surface area contributed by atoms with E-state index in [1.807, 2.05) is 67.1 Å². The van der Waals surface area contributed by atoms with Gasteiger partial charge in [-0.3, -0.25) is 9.48 Å². The lowest BCUT2D eigenvalue weighted by atomic mass is 10.2. The maximum Gasteiger partial charge on any atom is 0.276 e. The zero-order chi connectivity index (χ0) is 23.4. The number of nitrogens with zero attached hydrogens (tertiary/aromatic N) is 4. The highest BCUT2D eigenvalue weighted by Gasteiger charge is 2.17. The molecule has 1 N–H and O–H groups in total. The van der Waals surface area contributed by atoms with Crippen LogP contribution in [0.1, 0.15) is 27.4 Å². The number of amides is 1. The number of carbonyl (C=O) groups is 1. The van der Waals surface area contributed by atoms with Gasteiger partial charge in [0.15, 0.2) is 12.4 Å². The molecule has 33 heavy (non-hydrogen) atoms. The maximum atomic E-state index is 12.8. The lowest BCUT2D eigenvalue weighted by Gasteiger charge is -2.07. The Morgan fingerprint density at radius 3 is 2.39 bits per heavy atom. The molecule has 2 heterocycles. The van der Waals surface area contributed by atoms with E-state index in [1.54, 1.807) is 24.1 Å². The molecule has 0 spiro atoms. The molecule has 9 heteroatoms. The number of halogens is 1. The summed E-state index contributed by atoms with van der Waals surface area (Å²) >= 11 is 5.96. The Labute approximate surface area is 196 Å². The zero-order valence-corrected chi connectivity index (χ0v) is 19.3. The average Bonchev–Trinajstić information content (AvgIpc) is 3.40. The van der Waals surface area contributed by atoms with Crippen molar-refractivity contribution in [2.45, 2.75) is 27.1 Å². The number of aryl methyl sites for hydroxylation is 1.